The number of aryl methyl sites for hydroxylation is 1. The molecule has 2 aromatic rings. The second-order valence-electron chi connectivity index (χ2n) is 15.3. The lowest BCUT2D eigenvalue weighted by atomic mass is 9.75. The van der Waals surface area contributed by atoms with Crippen molar-refractivity contribution in [1.29, 1.82) is 0 Å². The minimum atomic E-state index is -0.715. The van der Waals surface area contributed by atoms with Gasteiger partial charge in [0.1, 0.15) is 17.3 Å². The number of benzene rings is 2. The highest BCUT2D eigenvalue weighted by Gasteiger charge is 2.32. The van der Waals surface area contributed by atoms with Crippen molar-refractivity contribution in [1.82, 2.24) is 5.43 Å². The van der Waals surface area contributed by atoms with Gasteiger partial charge in [-0.25, -0.2) is 5.84 Å². The molecule has 1 unspecified atom stereocenters. The highest BCUT2D eigenvalue weighted by molar-refractivity contribution is 5.91. The van der Waals surface area contributed by atoms with Crippen LogP contribution in [0.4, 0.5) is 0 Å². The first-order chi connectivity index (χ1) is 18.0. The number of hydrogen-bond acceptors (Lipinski definition) is 5. The molecule has 6 nitrogen and oxygen atoms in total. The summed E-state index contributed by atoms with van der Waals surface area (Å²) in [6, 6.07) is 7.73. The quantitative estimate of drug-likeness (QED) is 0.169. The number of nitrogens with one attached hydrogen (secondary N) is 1. The number of carbonyl (C=O) groups is 2. The van der Waals surface area contributed by atoms with E-state index in [1.54, 1.807) is 0 Å². The van der Waals surface area contributed by atoms with Gasteiger partial charge in [-0.05, 0) is 61.5 Å². The molecule has 40 heavy (non-hydrogen) atoms. The fraction of sp³-hybridized carbons (Fsp3) is 0.588. The van der Waals surface area contributed by atoms with Crippen molar-refractivity contribution in [2.75, 3.05) is 0 Å². The molecule has 0 aromatic heterocycles. The number of hydrogen-bond donors (Lipinski definition) is 4. The number of ketones is 1. The first kappa shape index (κ1) is 33.3. The number of nitrogens with two attached hydrogens (primary N) is 1. The van der Waals surface area contributed by atoms with Crippen LogP contribution in [-0.2, 0) is 37.7 Å². The normalized spacial score (nSPS) is 13.7. The zero-order chi connectivity index (χ0) is 31.0. The fourth-order valence-electron chi connectivity index (χ4n) is 5.09. The predicted molar refractivity (Wildman–Crippen MR) is 164 cm³/mol. The number of carbonyl (C=O) groups excluding carboxylic acids is 2. The Kier molecular flexibility index (Phi) is 9.63. The first-order valence-electron chi connectivity index (χ1n) is 14.2. The SMILES string of the molecule is CC(C)(C)c1cc(CCC(=O)C(CC(=O)NN)c2cc(C(C)(C)C)c(O)c(C(C)(C)C)c2)cc(C(C)(C)C)c1O. The molecule has 2 aromatic carbocycles. The number of aromatic hydroxyl groups is 2. The van der Waals surface area contributed by atoms with E-state index < -0.39 is 11.8 Å². The van der Waals surface area contributed by atoms with Gasteiger partial charge in [0, 0.05) is 12.8 Å². The molecule has 5 N–H and O–H groups in total. The Hall–Kier alpha value is -2.86. The molecule has 222 valence electrons. The molecule has 6 heteroatoms. The van der Waals surface area contributed by atoms with Gasteiger partial charge in [-0.3, -0.25) is 15.0 Å². The van der Waals surface area contributed by atoms with E-state index in [4.69, 9.17) is 5.84 Å². The third-order valence-corrected chi connectivity index (χ3v) is 7.54. The number of phenols is 2. The zero-order valence-corrected chi connectivity index (χ0v) is 26.8. The highest BCUT2D eigenvalue weighted by Crippen LogP contribution is 2.43. The van der Waals surface area contributed by atoms with Gasteiger partial charge >= 0.3 is 0 Å². The molecule has 0 heterocycles. The largest absolute Gasteiger partial charge is 0.507 e. The summed E-state index contributed by atoms with van der Waals surface area (Å²) < 4.78 is 0. The maximum atomic E-state index is 13.9. The van der Waals surface area contributed by atoms with Crippen LogP contribution in [0.5, 0.6) is 11.5 Å². The molecule has 0 saturated carbocycles. The lowest BCUT2D eigenvalue weighted by Crippen LogP contribution is -2.33. The summed E-state index contributed by atoms with van der Waals surface area (Å²) in [6.45, 7) is 24.5. The molecule has 0 aliphatic rings. The molecule has 2 rings (SSSR count). The fourth-order valence-corrected chi connectivity index (χ4v) is 5.09. The molecule has 0 radical (unpaired) electrons. The lowest BCUT2D eigenvalue weighted by molar-refractivity contribution is -0.126. The second kappa shape index (κ2) is 11.6. The average Bonchev–Trinajstić information content (AvgIpc) is 2.78. The number of amides is 1. The van der Waals surface area contributed by atoms with Crippen molar-refractivity contribution in [3.05, 3.63) is 57.6 Å². The molecule has 1 atom stereocenters. The lowest BCUT2D eigenvalue weighted by Gasteiger charge is -2.30. The Labute approximate surface area is 241 Å². The Balaban J connectivity index is 2.60. The standard InChI is InChI=1S/C34H52N2O4/c1-31(2,3)23-15-20(16-24(29(23)39)32(4,5)6)13-14-27(37)22(19-28(38)36-35)21-17-25(33(7,8)9)30(40)26(18-21)34(10,11)12/h15-18,22,39-40H,13-14,19,35H2,1-12H3,(H,36,38). The van der Waals surface area contributed by atoms with Crippen LogP contribution in [0, 0.1) is 0 Å². The minimum absolute atomic E-state index is 0.0725. The van der Waals surface area contributed by atoms with Gasteiger partial charge in [0.25, 0.3) is 0 Å². The molecular weight excluding hydrogens is 500 g/mol. The maximum Gasteiger partial charge on any atom is 0.234 e. The van der Waals surface area contributed by atoms with Crippen LogP contribution in [-0.4, -0.2) is 21.9 Å². The molecule has 0 fully saturated rings. The van der Waals surface area contributed by atoms with E-state index in [1.165, 1.54) is 0 Å². The van der Waals surface area contributed by atoms with Gasteiger partial charge in [-0.2, -0.15) is 0 Å². The Bertz CT molecular complexity index is 1180. The highest BCUT2D eigenvalue weighted by atomic mass is 16.3. The van der Waals surface area contributed by atoms with Crippen LogP contribution in [0.25, 0.3) is 0 Å². The van der Waals surface area contributed by atoms with Crippen LogP contribution in [0.3, 0.4) is 0 Å². The van der Waals surface area contributed by atoms with Crippen LogP contribution in [0.2, 0.25) is 0 Å². The molecule has 0 saturated heterocycles. The van der Waals surface area contributed by atoms with Crippen LogP contribution in [0.15, 0.2) is 24.3 Å². The van der Waals surface area contributed by atoms with Gasteiger partial charge in [0.2, 0.25) is 5.91 Å². The summed E-state index contributed by atoms with van der Waals surface area (Å²) in [7, 11) is 0. The number of Topliss-reactive ketones (excluding diaryl/α,β-unsaturated/α-hetero) is 1. The molecule has 1 amide bonds. The van der Waals surface area contributed by atoms with Crippen LogP contribution in [0.1, 0.15) is 135 Å². The Morgan fingerprint density at radius 2 is 1.05 bits per heavy atom. The molecule has 0 spiro atoms. The first-order valence-corrected chi connectivity index (χ1v) is 14.2. The van der Waals surface area contributed by atoms with E-state index in [0.29, 0.717) is 17.7 Å². The predicted octanol–water partition coefficient (Wildman–Crippen LogP) is 6.95. The van der Waals surface area contributed by atoms with Crippen molar-refractivity contribution in [2.24, 2.45) is 5.84 Å². The van der Waals surface area contributed by atoms with E-state index in [1.807, 2.05) is 65.8 Å². The summed E-state index contributed by atoms with van der Waals surface area (Å²) in [4.78, 5) is 26.4. The summed E-state index contributed by atoms with van der Waals surface area (Å²) in [5, 5.41) is 22.3. The topological polar surface area (TPSA) is 113 Å². The minimum Gasteiger partial charge on any atom is -0.507 e. The molecule has 0 bridgehead atoms. The van der Waals surface area contributed by atoms with Crippen molar-refractivity contribution in [2.45, 2.75) is 130 Å². The van der Waals surface area contributed by atoms with E-state index in [9.17, 15) is 19.8 Å². The van der Waals surface area contributed by atoms with Crippen LogP contribution < -0.4 is 11.3 Å². The van der Waals surface area contributed by atoms with E-state index in [0.717, 1.165) is 27.8 Å². The average molecular weight is 553 g/mol. The second-order valence-corrected chi connectivity index (χ2v) is 15.3. The Morgan fingerprint density at radius 1 is 0.700 bits per heavy atom. The van der Waals surface area contributed by atoms with Gasteiger partial charge in [-0.15, -0.1) is 0 Å². The van der Waals surface area contributed by atoms with Crippen molar-refractivity contribution >= 4 is 11.7 Å². The van der Waals surface area contributed by atoms with Gasteiger partial charge in [0.15, 0.2) is 0 Å². The van der Waals surface area contributed by atoms with Gasteiger partial charge in [0.05, 0.1) is 5.92 Å². The summed E-state index contributed by atoms with van der Waals surface area (Å²) in [5.74, 6) is 4.77. The summed E-state index contributed by atoms with van der Waals surface area (Å²) >= 11 is 0. The van der Waals surface area contributed by atoms with Crippen molar-refractivity contribution < 1.29 is 19.8 Å². The van der Waals surface area contributed by atoms with Crippen LogP contribution >= 0.6 is 0 Å². The van der Waals surface area contributed by atoms with E-state index >= 15 is 0 Å². The number of phenolic OH excluding ortho intramolecular Hbond substituents is 2. The summed E-state index contributed by atoms with van der Waals surface area (Å²) in [6.07, 6.45) is 0.614. The van der Waals surface area contributed by atoms with Crippen molar-refractivity contribution in [3.8, 4) is 11.5 Å². The Morgan fingerprint density at radius 3 is 1.38 bits per heavy atom. The van der Waals surface area contributed by atoms with E-state index in [2.05, 4.69) is 47.0 Å². The molecule has 0 aliphatic carbocycles. The van der Waals surface area contributed by atoms with Crippen molar-refractivity contribution in [3.63, 3.8) is 0 Å². The van der Waals surface area contributed by atoms with Gasteiger partial charge in [-0.1, -0.05) is 107 Å². The number of rotatable bonds is 7. The van der Waals surface area contributed by atoms with Gasteiger partial charge < -0.3 is 10.2 Å². The molecule has 0 aliphatic heterocycles. The third-order valence-electron chi connectivity index (χ3n) is 7.54. The maximum absolute atomic E-state index is 13.9. The third kappa shape index (κ3) is 7.87. The van der Waals surface area contributed by atoms with E-state index in [-0.39, 0.29) is 46.0 Å². The number of hydrazine groups is 1. The zero-order valence-electron chi connectivity index (χ0n) is 26.8. The molecular formula is C34H52N2O4. The smallest absolute Gasteiger partial charge is 0.234 e. The monoisotopic (exact) mass is 552 g/mol. The summed E-state index contributed by atoms with van der Waals surface area (Å²) in [5.41, 5.74) is 5.75.